The molecule has 0 bridgehead atoms. The van der Waals surface area contributed by atoms with Crippen molar-refractivity contribution in [3.8, 4) is 0 Å². The molecule has 24 heavy (non-hydrogen) atoms. The zero-order valence-electron chi connectivity index (χ0n) is 12.7. The molecule has 0 aliphatic carbocycles. The fraction of sp³-hybridized carbons (Fsp3) is 0.0667. The molecular weight excluding hydrogens is 348 g/mol. The lowest BCUT2D eigenvalue weighted by Crippen LogP contribution is -2.35. The van der Waals surface area contributed by atoms with E-state index in [1.54, 1.807) is 0 Å². The monoisotopic (exact) mass is 364 g/mol. The SMILES string of the molecule is Cc1ccc(Sc2ccc(C(=O)NC(=N)N)cc2S(N)(=O)=O)cc1. The number of carbonyl (C=O) groups excluding carboxylic acids is 1. The number of hydrogen-bond donors (Lipinski definition) is 4. The number of nitrogens with one attached hydrogen (secondary N) is 2. The zero-order valence-corrected chi connectivity index (χ0v) is 14.4. The molecule has 1 amide bonds. The second-order valence-electron chi connectivity index (χ2n) is 4.99. The molecule has 0 heterocycles. The highest BCUT2D eigenvalue weighted by molar-refractivity contribution is 8.00. The van der Waals surface area contributed by atoms with Gasteiger partial charge in [-0.15, -0.1) is 0 Å². The predicted molar refractivity (Wildman–Crippen MR) is 92.5 cm³/mol. The molecule has 0 saturated carbocycles. The largest absolute Gasteiger partial charge is 0.370 e. The molecule has 9 heteroatoms. The van der Waals surface area contributed by atoms with E-state index in [1.807, 2.05) is 31.2 Å². The van der Waals surface area contributed by atoms with Gasteiger partial charge in [-0.1, -0.05) is 29.5 Å². The van der Waals surface area contributed by atoms with Crippen molar-refractivity contribution in [3.05, 3.63) is 53.6 Å². The summed E-state index contributed by atoms with van der Waals surface area (Å²) in [6, 6.07) is 11.7. The van der Waals surface area contributed by atoms with Gasteiger partial charge in [-0.05, 0) is 37.3 Å². The van der Waals surface area contributed by atoms with Gasteiger partial charge in [-0.3, -0.25) is 15.5 Å². The molecule has 6 N–H and O–H groups in total. The predicted octanol–water partition coefficient (Wildman–Crippen LogP) is 1.42. The van der Waals surface area contributed by atoms with Crippen LogP contribution in [0.5, 0.6) is 0 Å². The van der Waals surface area contributed by atoms with Crippen molar-refractivity contribution in [2.75, 3.05) is 0 Å². The van der Waals surface area contributed by atoms with Crippen LogP contribution < -0.4 is 16.2 Å². The highest BCUT2D eigenvalue weighted by atomic mass is 32.2. The van der Waals surface area contributed by atoms with Gasteiger partial charge in [-0.25, -0.2) is 13.6 Å². The highest BCUT2D eigenvalue weighted by Gasteiger charge is 2.18. The lowest BCUT2D eigenvalue weighted by atomic mass is 10.2. The van der Waals surface area contributed by atoms with Crippen LogP contribution in [0.1, 0.15) is 15.9 Å². The maximum absolute atomic E-state index is 11.9. The van der Waals surface area contributed by atoms with Crippen LogP contribution in [0.3, 0.4) is 0 Å². The summed E-state index contributed by atoms with van der Waals surface area (Å²) in [7, 11) is -4.03. The Morgan fingerprint density at radius 3 is 2.33 bits per heavy atom. The molecule has 0 saturated heterocycles. The number of aryl methyl sites for hydroxylation is 1. The van der Waals surface area contributed by atoms with Gasteiger partial charge in [0.05, 0.1) is 4.90 Å². The Morgan fingerprint density at radius 2 is 1.79 bits per heavy atom. The summed E-state index contributed by atoms with van der Waals surface area (Å²) in [4.78, 5) is 12.9. The lowest BCUT2D eigenvalue weighted by molar-refractivity contribution is 0.0976. The third kappa shape index (κ3) is 4.57. The zero-order chi connectivity index (χ0) is 17.9. The van der Waals surface area contributed by atoms with E-state index in [9.17, 15) is 13.2 Å². The lowest BCUT2D eigenvalue weighted by Gasteiger charge is -2.10. The van der Waals surface area contributed by atoms with Crippen molar-refractivity contribution >= 4 is 33.7 Å². The van der Waals surface area contributed by atoms with Gasteiger partial charge in [0.15, 0.2) is 5.96 Å². The quantitative estimate of drug-likeness (QED) is 0.480. The smallest absolute Gasteiger partial charge is 0.257 e. The minimum absolute atomic E-state index is 0.0440. The van der Waals surface area contributed by atoms with Crippen LogP contribution in [0.25, 0.3) is 0 Å². The molecule has 0 atom stereocenters. The minimum atomic E-state index is -4.03. The van der Waals surface area contributed by atoms with E-state index in [-0.39, 0.29) is 10.5 Å². The molecule has 0 spiro atoms. The van der Waals surface area contributed by atoms with Gasteiger partial charge in [-0.2, -0.15) is 0 Å². The van der Waals surface area contributed by atoms with E-state index in [2.05, 4.69) is 5.32 Å². The van der Waals surface area contributed by atoms with E-state index in [4.69, 9.17) is 16.3 Å². The Bertz CT molecular complexity index is 893. The molecule has 2 aromatic rings. The van der Waals surface area contributed by atoms with Crippen molar-refractivity contribution in [3.63, 3.8) is 0 Å². The molecule has 2 rings (SSSR count). The molecule has 0 unspecified atom stereocenters. The fourth-order valence-electron chi connectivity index (χ4n) is 1.88. The molecule has 0 aromatic heterocycles. The fourth-order valence-corrected chi connectivity index (χ4v) is 3.82. The normalized spacial score (nSPS) is 11.1. The number of nitrogens with two attached hydrogens (primary N) is 2. The maximum atomic E-state index is 11.9. The second kappa shape index (κ2) is 7.04. The van der Waals surface area contributed by atoms with Crippen LogP contribution in [-0.4, -0.2) is 20.3 Å². The van der Waals surface area contributed by atoms with Gasteiger partial charge in [0.2, 0.25) is 10.0 Å². The van der Waals surface area contributed by atoms with Crippen molar-refractivity contribution in [1.29, 1.82) is 5.41 Å². The average molecular weight is 364 g/mol. The van der Waals surface area contributed by atoms with Crippen molar-refractivity contribution < 1.29 is 13.2 Å². The molecule has 0 aliphatic heterocycles. The number of carbonyl (C=O) groups is 1. The first kappa shape index (κ1) is 18.0. The number of benzene rings is 2. The molecule has 2 aromatic carbocycles. The Kier molecular flexibility index (Phi) is 5.27. The first-order chi connectivity index (χ1) is 11.2. The van der Waals surface area contributed by atoms with Crippen molar-refractivity contribution in [2.24, 2.45) is 10.9 Å². The summed E-state index contributed by atoms with van der Waals surface area (Å²) in [6.07, 6.45) is 0. The van der Waals surface area contributed by atoms with E-state index in [0.717, 1.165) is 10.5 Å². The Labute approximate surface area is 144 Å². The summed E-state index contributed by atoms with van der Waals surface area (Å²) in [5.74, 6) is -1.21. The Morgan fingerprint density at radius 1 is 1.17 bits per heavy atom. The standard InChI is InChI=1S/C15H16N4O3S2/c1-9-2-5-11(6-3-9)23-12-7-4-10(14(20)19-15(16)17)8-13(12)24(18,21)22/h2-8H,1H3,(H2,18,21,22)(H4,16,17,19,20). The van der Waals surface area contributed by atoms with Crippen LogP contribution >= 0.6 is 11.8 Å². The summed E-state index contributed by atoms with van der Waals surface area (Å²) in [5, 5.41) is 14.4. The molecule has 7 nitrogen and oxygen atoms in total. The number of sulfonamides is 1. The number of rotatable bonds is 4. The Balaban J connectivity index is 2.43. The number of amides is 1. The summed E-state index contributed by atoms with van der Waals surface area (Å²) in [6.45, 7) is 1.95. The van der Waals surface area contributed by atoms with Gasteiger partial charge in [0, 0.05) is 15.4 Å². The number of primary sulfonamides is 1. The van der Waals surface area contributed by atoms with E-state index >= 15 is 0 Å². The van der Waals surface area contributed by atoms with Crippen LogP contribution in [0.4, 0.5) is 0 Å². The van der Waals surface area contributed by atoms with Gasteiger partial charge in [0.1, 0.15) is 0 Å². The van der Waals surface area contributed by atoms with Crippen LogP contribution in [-0.2, 0) is 10.0 Å². The van der Waals surface area contributed by atoms with Gasteiger partial charge in [0.25, 0.3) is 5.91 Å². The third-order valence-corrected chi connectivity index (χ3v) is 5.17. The minimum Gasteiger partial charge on any atom is -0.370 e. The first-order valence-corrected chi connectivity index (χ1v) is 9.10. The van der Waals surface area contributed by atoms with Gasteiger partial charge < -0.3 is 5.73 Å². The van der Waals surface area contributed by atoms with Gasteiger partial charge >= 0.3 is 0 Å². The summed E-state index contributed by atoms with van der Waals surface area (Å²) < 4.78 is 23.7. The third-order valence-electron chi connectivity index (χ3n) is 3.01. The van der Waals surface area contributed by atoms with Crippen molar-refractivity contribution in [2.45, 2.75) is 21.6 Å². The first-order valence-electron chi connectivity index (χ1n) is 6.73. The summed E-state index contributed by atoms with van der Waals surface area (Å²) in [5.41, 5.74) is 6.23. The topological polar surface area (TPSA) is 139 Å². The van der Waals surface area contributed by atoms with Crippen LogP contribution in [0, 0.1) is 12.3 Å². The highest BCUT2D eigenvalue weighted by Crippen LogP contribution is 2.33. The summed E-state index contributed by atoms with van der Waals surface area (Å²) >= 11 is 1.23. The van der Waals surface area contributed by atoms with E-state index < -0.39 is 21.9 Å². The molecule has 0 radical (unpaired) electrons. The second-order valence-corrected chi connectivity index (χ2v) is 7.63. The molecule has 126 valence electrons. The van der Waals surface area contributed by atoms with Crippen molar-refractivity contribution in [1.82, 2.24) is 5.32 Å². The number of hydrogen-bond acceptors (Lipinski definition) is 5. The van der Waals surface area contributed by atoms with Crippen LogP contribution in [0.2, 0.25) is 0 Å². The van der Waals surface area contributed by atoms with E-state index in [1.165, 1.54) is 30.0 Å². The average Bonchev–Trinajstić information content (AvgIpc) is 2.48. The Hall–Kier alpha value is -2.36. The number of guanidine groups is 1. The van der Waals surface area contributed by atoms with Crippen LogP contribution in [0.15, 0.2) is 57.2 Å². The maximum Gasteiger partial charge on any atom is 0.257 e. The molecule has 0 aliphatic rings. The molecular formula is C15H16N4O3S2. The molecule has 0 fully saturated rings. The van der Waals surface area contributed by atoms with E-state index in [0.29, 0.717) is 4.90 Å².